The molecule has 1 fully saturated rings. The minimum atomic E-state index is -0.605. The molecule has 1 unspecified atom stereocenters. The minimum absolute atomic E-state index is 0.272. The van der Waals surface area contributed by atoms with Crippen LogP contribution < -0.4 is 0 Å². The third-order valence-electron chi connectivity index (χ3n) is 2.56. The Bertz CT molecular complexity index is 241. The first-order chi connectivity index (χ1) is 7.53. The molecule has 92 valence electrons. The number of terminal acetylenes is 1. The van der Waals surface area contributed by atoms with Crippen LogP contribution in [-0.2, 0) is 9.47 Å². The summed E-state index contributed by atoms with van der Waals surface area (Å²) < 4.78 is 10.7. The molecule has 1 aliphatic rings. The van der Waals surface area contributed by atoms with Crippen LogP contribution in [0, 0.1) is 12.3 Å². The lowest BCUT2D eigenvalue weighted by molar-refractivity contribution is -0.0481. The lowest BCUT2D eigenvalue weighted by Crippen LogP contribution is -2.43. The zero-order valence-electron chi connectivity index (χ0n) is 10.1. The van der Waals surface area contributed by atoms with Crippen molar-refractivity contribution in [2.24, 2.45) is 0 Å². The molecule has 1 aliphatic heterocycles. The van der Waals surface area contributed by atoms with Crippen LogP contribution in [0.3, 0.4) is 0 Å². The van der Waals surface area contributed by atoms with E-state index >= 15 is 0 Å². The summed E-state index contributed by atoms with van der Waals surface area (Å²) in [5, 5.41) is 9.78. The first-order valence-corrected chi connectivity index (χ1v) is 5.63. The number of hydrogen-bond donors (Lipinski definition) is 1. The van der Waals surface area contributed by atoms with Crippen LogP contribution in [-0.4, -0.2) is 61.2 Å². The van der Waals surface area contributed by atoms with Gasteiger partial charge in [0.2, 0.25) is 0 Å². The monoisotopic (exact) mass is 227 g/mol. The molecule has 1 saturated heterocycles. The predicted molar refractivity (Wildman–Crippen MR) is 62.1 cm³/mol. The molecule has 1 rings (SSSR count). The molecule has 0 aliphatic carbocycles. The van der Waals surface area contributed by atoms with Gasteiger partial charge >= 0.3 is 0 Å². The average Bonchev–Trinajstić information content (AvgIpc) is 2.28. The van der Waals surface area contributed by atoms with Gasteiger partial charge in [0.1, 0.15) is 5.60 Å². The van der Waals surface area contributed by atoms with Crippen LogP contribution in [0.1, 0.15) is 13.8 Å². The van der Waals surface area contributed by atoms with E-state index in [1.54, 1.807) is 0 Å². The molecule has 1 heterocycles. The van der Waals surface area contributed by atoms with E-state index in [1.165, 1.54) is 0 Å². The van der Waals surface area contributed by atoms with Gasteiger partial charge in [-0.05, 0) is 13.8 Å². The van der Waals surface area contributed by atoms with Gasteiger partial charge in [-0.25, -0.2) is 0 Å². The van der Waals surface area contributed by atoms with Crippen molar-refractivity contribution < 1.29 is 14.6 Å². The highest BCUT2D eigenvalue weighted by molar-refractivity contribution is 5.02. The molecule has 0 spiro atoms. The van der Waals surface area contributed by atoms with Crippen LogP contribution >= 0.6 is 0 Å². The summed E-state index contributed by atoms with van der Waals surface area (Å²) in [7, 11) is 0. The van der Waals surface area contributed by atoms with E-state index < -0.39 is 11.7 Å². The number of hydrogen-bond acceptors (Lipinski definition) is 4. The van der Waals surface area contributed by atoms with Crippen LogP contribution in [0.5, 0.6) is 0 Å². The van der Waals surface area contributed by atoms with Gasteiger partial charge in [0.15, 0.2) is 0 Å². The van der Waals surface area contributed by atoms with Crippen molar-refractivity contribution in [3.63, 3.8) is 0 Å². The van der Waals surface area contributed by atoms with Gasteiger partial charge in [-0.2, -0.15) is 0 Å². The van der Waals surface area contributed by atoms with Crippen molar-refractivity contribution in [1.29, 1.82) is 0 Å². The van der Waals surface area contributed by atoms with E-state index in [0.717, 1.165) is 26.3 Å². The molecule has 4 nitrogen and oxygen atoms in total. The van der Waals surface area contributed by atoms with E-state index in [2.05, 4.69) is 10.8 Å². The molecule has 0 aromatic carbocycles. The molecule has 0 bridgehead atoms. The average molecular weight is 227 g/mol. The van der Waals surface area contributed by atoms with E-state index in [-0.39, 0.29) is 6.61 Å². The van der Waals surface area contributed by atoms with Crippen molar-refractivity contribution >= 4 is 0 Å². The van der Waals surface area contributed by atoms with Gasteiger partial charge in [-0.1, -0.05) is 5.92 Å². The number of morpholine rings is 1. The summed E-state index contributed by atoms with van der Waals surface area (Å²) >= 11 is 0. The second kappa shape index (κ2) is 6.21. The first-order valence-electron chi connectivity index (χ1n) is 5.63. The van der Waals surface area contributed by atoms with Gasteiger partial charge in [0.25, 0.3) is 0 Å². The highest BCUT2D eigenvalue weighted by Crippen LogP contribution is 2.08. The molecule has 16 heavy (non-hydrogen) atoms. The van der Waals surface area contributed by atoms with Gasteiger partial charge < -0.3 is 14.6 Å². The summed E-state index contributed by atoms with van der Waals surface area (Å²) in [6.07, 6.45) is 4.80. The van der Waals surface area contributed by atoms with Gasteiger partial charge in [-0.15, -0.1) is 6.42 Å². The summed E-state index contributed by atoms with van der Waals surface area (Å²) in [5.74, 6) is 2.53. The summed E-state index contributed by atoms with van der Waals surface area (Å²) in [6, 6.07) is 0. The van der Waals surface area contributed by atoms with Gasteiger partial charge in [0.05, 0.1) is 25.9 Å². The Morgan fingerprint density at radius 3 is 2.69 bits per heavy atom. The van der Waals surface area contributed by atoms with E-state index in [0.29, 0.717) is 6.54 Å². The van der Waals surface area contributed by atoms with E-state index in [1.807, 2.05) is 13.8 Å². The molecular weight excluding hydrogens is 206 g/mol. The highest BCUT2D eigenvalue weighted by atomic mass is 16.5. The molecule has 0 saturated carbocycles. The van der Waals surface area contributed by atoms with Crippen molar-refractivity contribution in [1.82, 2.24) is 4.90 Å². The molecule has 0 amide bonds. The number of β-amino-alcohol motifs (C(OH)–C–C–N with tert-alkyl or cyclic N) is 1. The van der Waals surface area contributed by atoms with E-state index in [9.17, 15) is 5.11 Å². The molecular formula is C12H21NO3. The third kappa shape index (κ3) is 4.95. The molecule has 0 aromatic heterocycles. The van der Waals surface area contributed by atoms with Crippen LogP contribution in [0.25, 0.3) is 0 Å². The Kier molecular flexibility index (Phi) is 5.23. The summed E-state index contributed by atoms with van der Waals surface area (Å²) in [4.78, 5) is 2.17. The Morgan fingerprint density at radius 2 is 2.12 bits per heavy atom. The lowest BCUT2D eigenvalue weighted by Gasteiger charge is -2.29. The largest absolute Gasteiger partial charge is 0.389 e. The number of rotatable bonds is 5. The van der Waals surface area contributed by atoms with Crippen molar-refractivity contribution in [2.45, 2.75) is 25.6 Å². The maximum absolute atomic E-state index is 9.78. The topological polar surface area (TPSA) is 41.9 Å². The number of aliphatic hydroxyl groups is 1. The third-order valence-corrected chi connectivity index (χ3v) is 2.56. The zero-order chi connectivity index (χ0) is 12.0. The Balaban J connectivity index is 2.20. The summed E-state index contributed by atoms with van der Waals surface area (Å²) in [5.41, 5.74) is -0.605. The normalized spacial score (nSPS) is 20.4. The maximum atomic E-state index is 9.78. The fourth-order valence-corrected chi connectivity index (χ4v) is 1.48. The van der Waals surface area contributed by atoms with Crippen LogP contribution in [0.4, 0.5) is 0 Å². The zero-order valence-corrected chi connectivity index (χ0v) is 10.1. The molecule has 0 radical (unpaired) electrons. The predicted octanol–water partition coefficient (Wildman–Crippen LogP) is 0.108. The maximum Gasteiger partial charge on any atom is 0.122 e. The Morgan fingerprint density at radius 1 is 1.50 bits per heavy atom. The fraction of sp³-hybridized carbons (Fsp3) is 0.833. The standard InChI is InChI=1S/C12H21NO3/c1-4-12(2,3)16-10-11(14)9-13-5-7-15-8-6-13/h1,11,14H,5-10H2,2-3H3. The number of nitrogens with zero attached hydrogens (tertiary/aromatic N) is 1. The van der Waals surface area contributed by atoms with Crippen LogP contribution in [0.15, 0.2) is 0 Å². The van der Waals surface area contributed by atoms with Gasteiger partial charge in [-0.3, -0.25) is 4.90 Å². The SMILES string of the molecule is C#CC(C)(C)OCC(O)CN1CCOCC1. The Labute approximate surface area is 97.5 Å². The smallest absolute Gasteiger partial charge is 0.122 e. The Hall–Kier alpha value is -0.600. The number of aliphatic hydroxyl groups excluding tert-OH is 1. The second-order valence-corrected chi connectivity index (χ2v) is 4.53. The highest BCUT2D eigenvalue weighted by Gasteiger charge is 2.19. The molecule has 1 atom stereocenters. The summed E-state index contributed by atoms with van der Waals surface area (Å²) in [6.45, 7) is 7.74. The molecule has 4 heteroatoms. The molecule has 1 N–H and O–H groups in total. The van der Waals surface area contributed by atoms with Crippen LogP contribution in [0.2, 0.25) is 0 Å². The fourth-order valence-electron chi connectivity index (χ4n) is 1.48. The van der Waals surface area contributed by atoms with Crippen molar-refractivity contribution in [2.75, 3.05) is 39.5 Å². The second-order valence-electron chi connectivity index (χ2n) is 4.53. The van der Waals surface area contributed by atoms with Crippen molar-refractivity contribution in [3.05, 3.63) is 0 Å². The lowest BCUT2D eigenvalue weighted by atomic mass is 10.1. The number of ether oxygens (including phenoxy) is 2. The van der Waals surface area contributed by atoms with E-state index in [4.69, 9.17) is 15.9 Å². The van der Waals surface area contributed by atoms with Gasteiger partial charge in [0, 0.05) is 19.6 Å². The first kappa shape index (κ1) is 13.5. The molecule has 0 aromatic rings. The van der Waals surface area contributed by atoms with Crippen molar-refractivity contribution in [3.8, 4) is 12.3 Å². The quantitative estimate of drug-likeness (QED) is 0.677. The minimum Gasteiger partial charge on any atom is -0.389 e.